The maximum Gasteiger partial charge on any atom is 0.305 e. The van der Waals surface area contributed by atoms with Crippen LogP contribution in [0.4, 0.5) is 5.69 Å². The number of carboxylic acid groups (broad SMARTS) is 1. The van der Waals surface area contributed by atoms with Crippen LogP contribution in [0.3, 0.4) is 0 Å². The van der Waals surface area contributed by atoms with E-state index in [4.69, 9.17) is 5.11 Å². The molecule has 0 fully saturated rings. The molecule has 1 rings (SSSR count). The molecule has 0 radical (unpaired) electrons. The second-order valence-corrected chi connectivity index (χ2v) is 4.71. The maximum atomic E-state index is 11.9. The number of hydrogen-bond donors (Lipinski definition) is 2. The first-order valence-corrected chi connectivity index (χ1v) is 6.67. The van der Waals surface area contributed by atoms with Gasteiger partial charge in [0.05, 0.1) is 17.8 Å². The molecule has 7 nitrogen and oxygen atoms in total. The Labute approximate surface area is 122 Å². The van der Waals surface area contributed by atoms with Crippen LogP contribution in [0.25, 0.3) is 0 Å². The van der Waals surface area contributed by atoms with Gasteiger partial charge in [0.2, 0.25) is 5.91 Å². The van der Waals surface area contributed by atoms with Crippen LogP contribution in [0.1, 0.15) is 31.7 Å². The lowest BCUT2D eigenvalue weighted by Gasteiger charge is -2.16. The van der Waals surface area contributed by atoms with Gasteiger partial charge in [0.25, 0.3) is 5.69 Å². The van der Waals surface area contributed by atoms with Crippen LogP contribution in [0.2, 0.25) is 0 Å². The molecular formula is C14H18N2O5. The number of carbonyl (C=O) groups excluding carboxylic acids is 1. The Hall–Kier alpha value is -2.44. The summed E-state index contributed by atoms with van der Waals surface area (Å²) in [5.74, 6) is -1.40. The fraction of sp³-hybridized carbons (Fsp3) is 0.429. The Morgan fingerprint density at radius 2 is 2.05 bits per heavy atom. The molecule has 7 heteroatoms. The van der Waals surface area contributed by atoms with Gasteiger partial charge in [-0.3, -0.25) is 19.7 Å². The van der Waals surface area contributed by atoms with E-state index in [2.05, 4.69) is 5.32 Å². The number of nitrogens with one attached hydrogen (secondary N) is 1. The zero-order valence-corrected chi connectivity index (χ0v) is 11.7. The number of carboxylic acids is 1. The number of aliphatic carboxylic acids is 1. The van der Waals surface area contributed by atoms with Gasteiger partial charge in [-0.1, -0.05) is 31.5 Å². The summed E-state index contributed by atoms with van der Waals surface area (Å²) in [5, 5.41) is 22.3. The first-order chi connectivity index (χ1) is 9.93. The predicted molar refractivity (Wildman–Crippen MR) is 75.9 cm³/mol. The van der Waals surface area contributed by atoms with E-state index in [1.165, 1.54) is 18.2 Å². The van der Waals surface area contributed by atoms with Gasteiger partial charge in [-0.2, -0.15) is 0 Å². The number of amides is 1. The van der Waals surface area contributed by atoms with Crippen molar-refractivity contribution in [2.45, 2.75) is 38.6 Å². The molecule has 0 aliphatic rings. The highest BCUT2D eigenvalue weighted by Gasteiger charge is 2.19. The van der Waals surface area contributed by atoms with Gasteiger partial charge < -0.3 is 10.4 Å². The molecule has 1 atom stereocenters. The van der Waals surface area contributed by atoms with Crippen LogP contribution in [-0.4, -0.2) is 27.9 Å². The highest BCUT2D eigenvalue weighted by molar-refractivity contribution is 5.80. The molecule has 0 heterocycles. The van der Waals surface area contributed by atoms with Crippen LogP contribution in [0.15, 0.2) is 24.3 Å². The highest BCUT2D eigenvalue weighted by atomic mass is 16.6. The first-order valence-electron chi connectivity index (χ1n) is 6.67. The van der Waals surface area contributed by atoms with Crippen LogP contribution >= 0.6 is 0 Å². The molecule has 0 aromatic heterocycles. The molecule has 1 unspecified atom stereocenters. The smallest absolute Gasteiger partial charge is 0.305 e. The summed E-state index contributed by atoms with van der Waals surface area (Å²) in [4.78, 5) is 33.0. The molecule has 1 aromatic rings. The van der Waals surface area contributed by atoms with E-state index >= 15 is 0 Å². The van der Waals surface area contributed by atoms with E-state index in [-0.39, 0.29) is 18.5 Å². The lowest BCUT2D eigenvalue weighted by molar-refractivity contribution is -0.385. The lowest BCUT2D eigenvalue weighted by Crippen LogP contribution is -2.37. The largest absolute Gasteiger partial charge is 0.481 e. The second-order valence-electron chi connectivity index (χ2n) is 4.71. The van der Waals surface area contributed by atoms with Gasteiger partial charge in [-0.15, -0.1) is 0 Å². The third-order valence-corrected chi connectivity index (χ3v) is 2.96. The number of carbonyl (C=O) groups is 2. The third kappa shape index (κ3) is 5.60. The summed E-state index contributed by atoms with van der Waals surface area (Å²) in [5.41, 5.74) is 0.198. The van der Waals surface area contributed by atoms with E-state index in [1.807, 2.05) is 6.92 Å². The van der Waals surface area contributed by atoms with Gasteiger partial charge in [0, 0.05) is 17.7 Å². The molecule has 2 N–H and O–H groups in total. The van der Waals surface area contributed by atoms with Crippen LogP contribution in [-0.2, 0) is 16.0 Å². The van der Waals surface area contributed by atoms with Gasteiger partial charge in [-0.05, 0) is 6.42 Å². The molecule has 21 heavy (non-hydrogen) atoms. The van der Waals surface area contributed by atoms with Crippen LogP contribution < -0.4 is 5.32 Å². The van der Waals surface area contributed by atoms with E-state index in [0.717, 1.165) is 6.42 Å². The number of benzene rings is 1. The van der Waals surface area contributed by atoms with Gasteiger partial charge in [0.1, 0.15) is 0 Å². The minimum atomic E-state index is -0.987. The number of para-hydroxylation sites is 1. The second kappa shape index (κ2) is 7.98. The van der Waals surface area contributed by atoms with Crippen molar-refractivity contribution in [1.82, 2.24) is 5.32 Å². The molecule has 0 saturated heterocycles. The quantitative estimate of drug-likeness (QED) is 0.562. The highest BCUT2D eigenvalue weighted by Crippen LogP contribution is 2.18. The van der Waals surface area contributed by atoms with E-state index in [1.54, 1.807) is 6.07 Å². The maximum absolute atomic E-state index is 11.9. The van der Waals surface area contributed by atoms with Gasteiger partial charge in [-0.25, -0.2) is 0 Å². The standard InChI is InChI=1S/C14H18N2O5/c1-2-5-11(9-14(18)19)15-13(17)8-10-6-3-4-7-12(10)16(20)21/h3-4,6-7,11H,2,5,8-9H2,1H3,(H,15,17)(H,18,19). The molecule has 0 bridgehead atoms. The average Bonchev–Trinajstić information content (AvgIpc) is 2.38. The van der Waals surface area contributed by atoms with Crippen molar-refractivity contribution in [1.29, 1.82) is 0 Å². The van der Waals surface area contributed by atoms with Crippen LogP contribution in [0, 0.1) is 10.1 Å². The monoisotopic (exact) mass is 294 g/mol. The number of nitro benzene ring substituents is 1. The first kappa shape index (κ1) is 16.6. The summed E-state index contributed by atoms with van der Waals surface area (Å²) in [6.07, 6.45) is 0.992. The van der Waals surface area contributed by atoms with E-state index < -0.39 is 22.8 Å². The molecular weight excluding hydrogens is 276 g/mol. The zero-order chi connectivity index (χ0) is 15.8. The molecule has 0 spiro atoms. The van der Waals surface area contributed by atoms with Crippen molar-refractivity contribution < 1.29 is 19.6 Å². The van der Waals surface area contributed by atoms with Crippen molar-refractivity contribution in [3.05, 3.63) is 39.9 Å². The Morgan fingerprint density at radius 3 is 2.62 bits per heavy atom. The SMILES string of the molecule is CCCC(CC(=O)O)NC(=O)Cc1ccccc1[N+](=O)[O-]. The predicted octanol–water partition coefficient (Wildman–Crippen LogP) is 1.90. The average molecular weight is 294 g/mol. The van der Waals surface area contributed by atoms with Gasteiger partial charge in [0.15, 0.2) is 0 Å². The van der Waals surface area contributed by atoms with E-state index in [9.17, 15) is 19.7 Å². The van der Waals surface area contributed by atoms with Crippen molar-refractivity contribution in [3.8, 4) is 0 Å². The fourth-order valence-corrected chi connectivity index (χ4v) is 2.07. The fourth-order valence-electron chi connectivity index (χ4n) is 2.07. The number of nitrogens with zero attached hydrogens (tertiary/aromatic N) is 1. The molecule has 0 aliphatic heterocycles. The number of rotatable bonds is 8. The topological polar surface area (TPSA) is 110 Å². The van der Waals surface area contributed by atoms with E-state index in [0.29, 0.717) is 12.0 Å². The molecule has 114 valence electrons. The normalized spacial score (nSPS) is 11.7. The Balaban J connectivity index is 2.72. The van der Waals surface area contributed by atoms with Crippen molar-refractivity contribution in [3.63, 3.8) is 0 Å². The minimum Gasteiger partial charge on any atom is -0.481 e. The summed E-state index contributed by atoms with van der Waals surface area (Å²) in [7, 11) is 0. The zero-order valence-electron chi connectivity index (χ0n) is 11.7. The third-order valence-electron chi connectivity index (χ3n) is 2.96. The van der Waals surface area contributed by atoms with Gasteiger partial charge >= 0.3 is 5.97 Å². The minimum absolute atomic E-state index is 0.113. The summed E-state index contributed by atoms with van der Waals surface area (Å²) in [6, 6.07) is 5.55. The summed E-state index contributed by atoms with van der Waals surface area (Å²) >= 11 is 0. The molecule has 0 aliphatic carbocycles. The number of hydrogen-bond acceptors (Lipinski definition) is 4. The van der Waals surface area contributed by atoms with Crippen molar-refractivity contribution in [2.24, 2.45) is 0 Å². The molecule has 1 amide bonds. The Kier molecular flexibility index (Phi) is 6.32. The molecule has 0 saturated carbocycles. The number of nitro groups is 1. The Bertz CT molecular complexity index is 530. The summed E-state index contributed by atoms with van der Waals surface area (Å²) < 4.78 is 0. The lowest BCUT2D eigenvalue weighted by atomic mass is 10.1. The van der Waals surface area contributed by atoms with Crippen LogP contribution in [0.5, 0.6) is 0 Å². The van der Waals surface area contributed by atoms with Crippen molar-refractivity contribution >= 4 is 17.6 Å². The van der Waals surface area contributed by atoms with Crippen molar-refractivity contribution in [2.75, 3.05) is 0 Å². The Morgan fingerprint density at radius 1 is 1.38 bits per heavy atom. The summed E-state index contributed by atoms with van der Waals surface area (Å²) in [6.45, 7) is 1.89. The molecule has 1 aromatic carbocycles.